The van der Waals surface area contributed by atoms with Gasteiger partial charge >= 0.3 is 0 Å². The van der Waals surface area contributed by atoms with Crippen molar-refractivity contribution in [3.05, 3.63) is 77.2 Å². The Morgan fingerprint density at radius 2 is 1.00 bits per heavy atom. The number of hydrogen-bond acceptors (Lipinski definition) is 0. The summed E-state index contributed by atoms with van der Waals surface area (Å²) in [5.41, 5.74) is 5.44. The van der Waals surface area contributed by atoms with E-state index in [0.717, 1.165) is 12.8 Å². The molecule has 2 aromatic rings. The van der Waals surface area contributed by atoms with Gasteiger partial charge in [-0.25, -0.2) is 0 Å². The molecular weight excluding hydrogens is 204 g/mol. The van der Waals surface area contributed by atoms with Crippen molar-refractivity contribution in [1.29, 1.82) is 0 Å². The Bertz CT molecular complexity index is 403. The van der Waals surface area contributed by atoms with Crippen LogP contribution in [0.15, 0.2) is 48.5 Å². The molecule has 0 fully saturated rings. The normalized spacial score (nSPS) is 10.5. The molecule has 0 N–H and O–H groups in total. The molecule has 17 heavy (non-hydrogen) atoms. The van der Waals surface area contributed by atoms with Crippen LogP contribution >= 0.6 is 0 Å². The van der Waals surface area contributed by atoms with Gasteiger partial charge in [0.2, 0.25) is 0 Å². The van der Waals surface area contributed by atoms with E-state index in [2.05, 4.69) is 68.8 Å². The lowest BCUT2D eigenvalue weighted by Gasteiger charge is -2.03. The maximum absolute atomic E-state index is 2.34. The lowest BCUT2D eigenvalue weighted by molar-refractivity contribution is 1.03. The van der Waals surface area contributed by atoms with Crippen LogP contribution < -0.4 is 0 Å². The molecule has 1 radical (unpaired) electrons. The molecule has 0 aliphatic rings. The zero-order valence-electron chi connectivity index (χ0n) is 10.6. The number of hydrogen-bond donors (Lipinski definition) is 0. The second kappa shape index (κ2) is 5.67. The van der Waals surface area contributed by atoms with Crippen molar-refractivity contribution in [3.8, 4) is 0 Å². The van der Waals surface area contributed by atoms with Gasteiger partial charge in [0.1, 0.15) is 0 Å². The molecule has 0 heterocycles. The van der Waals surface area contributed by atoms with E-state index < -0.39 is 0 Å². The van der Waals surface area contributed by atoms with Gasteiger partial charge in [-0.3, -0.25) is 0 Å². The first-order chi connectivity index (χ1) is 8.24. The van der Waals surface area contributed by atoms with E-state index in [1.807, 2.05) is 0 Å². The third kappa shape index (κ3) is 3.74. The maximum Gasteiger partial charge on any atom is -0.0244 e. The molecule has 0 aromatic heterocycles. The van der Waals surface area contributed by atoms with E-state index in [9.17, 15) is 0 Å². The van der Waals surface area contributed by atoms with E-state index in [4.69, 9.17) is 0 Å². The van der Waals surface area contributed by atoms with Crippen molar-refractivity contribution in [2.45, 2.75) is 26.7 Å². The van der Waals surface area contributed by atoms with Crippen LogP contribution in [0.3, 0.4) is 0 Å². The predicted molar refractivity (Wildman–Crippen MR) is 74.1 cm³/mol. The van der Waals surface area contributed by atoms with Crippen molar-refractivity contribution in [3.63, 3.8) is 0 Å². The summed E-state index contributed by atoms with van der Waals surface area (Å²) in [6.07, 6.45) is 4.44. The van der Waals surface area contributed by atoms with E-state index in [-0.39, 0.29) is 0 Å². The largest absolute Gasteiger partial charge is 0.0591 e. The zero-order valence-corrected chi connectivity index (χ0v) is 10.6. The highest BCUT2D eigenvalue weighted by Crippen LogP contribution is 2.09. The number of benzene rings is 2. The van der Waals surface area contributed by atoms with Crippen molar-refractivity contribution in [2.75, 3.05) is 0 Å². The second-order valence-electron chi connectivity index (χ2n) is 4.67. The average Bonchev–Trinajstić information content (AvgIpc) is 2.34. The molecule has 2 rings (SSSR count). The average molecular weight is 223 g/mol. The minimum Gasteiger partial charge on any atom is -0.0591 e. The standard InChI is InChI=1S/C17H19/c1-14-6-10-16(11-7-14)4-3-5-17-12-8-15(2)9-13-17/h3,6-13H,4-5H2,1-2H3. The molecule has 0 aliphatic heterocycles. The quantitative estimate of drug-likeness (QED) is 0.725. The molecule has 87 valence electrons. The Morgan fingerprint density at radius 1 is 0.647 bits per heavy atom. The fourth-order valence-corrected chi connectivity index (χ4v) is 1.85. The summed E-state index contributed by atoms with van der Waals surface area (Å²) in [6.45, 7) is 4.25. The smallest absolute Gasteiger partial charge is 0.0244 e. The van der Waals surface area contributed by atoms with Crippen molar-refractivity contribution in [1.82, 2.24) is 0 Å². The summed E-state index contributed by atoms with van der Waals surface area (Å²) in [7, 11) is 0. The minimum absolute atomic E-state index is 1.05. The number of rotatable bonds is 4. The van der Waals surface area contributed by atoms with Gasteiger partial charge in [0.05, 0.1) is 0 Å². The van der Waals surface area contributed by atoms with Gasteiger partial charge in [0.25, 0.3) is 0 Å². The first kappa shape index (κ1) is 11.9. The minimum atomic E-state index is 1.05. The van der Waals surface area contributed by atoms with Gasteiger partial charge in [-0.2, -0.15) is 0 Å². The maximum atomic E-state index is 2.34. The predicted octanol–water partition coefficient (Wildman–Crippen LogP) is 4.29. The lowest BCUT2D eigenvalue weighted by Crippen LogP contribution is -1.91. The monoisotopic (exact) mass is 223 g/mol. The van der Waals surface area contributed by atoms with Crippen LogP contribution in [0, 0.1) is 20.3 Å². The van der Waals surface area contributed by atoms with Gasteiger partial charge in [-0.05, 0) is 44.2 Å². The highest BCUT2D eigenvalue weighted by Gasteiger charge is 1.96. The van der Waals surface area contributed by atoms with Crippen LogP contribution in [-0.2, 0) is 12.8 Å². The summed E-state index contributed by atoms with van der Waals surface area (Å²) in [5.74, 6) is 0. The summed E-state index contributed by atoms with van der Waals surface area (Å²) >= 11 is 0. The van der Waals surface area contributed by atoms with Crippen molar-refractivity contribution < 1.29 is 0 Å². The Morgan fingerprint density at radius 3 is 1.35 bits per heavy atom. The van der Waals surface area contributed by atoms with Crippen molar-refractivity contribution >= 4 is 0 Å². The Labute approximate surface area is 104 Å². The highest BCUT2D eigenvalue weighted by molar-refractivity contribution is 5.25. The van der Waals surface area contributed by atoms with Crippen molar-refractivity contribution in [2.24, 2.45) is 0 Å². The van der Waals surface area contributed by atoms with Crippen LogP contribution in [0.4, 0.5) is 0 Å². The van der Waals surface area contributed by atoms with Gasteiger partial charge in [0, 0.05) is 0 Å². The third-order valence-corrected chi connectivity index (χ3v) is 3.00. The van der Waals surface area contributed by atoms with Crippen LogP contribution in [0.25, 0.3) is 0 Å². The highest BCUT2D eigenvalue weighted by atomic mass is 14.0. The Kier molecular flexibility index (Phi) is 3.98. The third-order valence-electron chi connectivity index (χ3n) is 3.00. The summed E-state index contributed by atoms with van der Waals surface area (Å²) < 4.78 is 0. The summed E-state index contributed by atoms with van der Waals surface area (Å²) in [4.78, 5) is 0. The van der Waals surface area contributed by atoms with Gasteiger partial charge in [0.15, 0.2) is 0 Å². The van der Waals surface area contributed by atoms with Gasteiger partial charge < -0.3 is 0 Å². The molecule has 0 unspecified atom stereocenters. The SMILES string of the molecule is Cc1ccc(C[CH]Cc2ccc(C)cc2)cc1. The molecular formula is C17H19. The second-order valence-corrected chi connectivity index (χ2v) is 4.67. The molecule has 0 saturated heterocycles. The molecule has 0 atom stereocenters. The summed E-state index contributed by atoms with van der Waals surface area (Å²) in [5, 5.41) is 0. The van der Waals surface area contributed by atoms with Crippen LogP contribution in [0.5, 0.6) is 0 Å². The first-order valence-electron chi connectivity index (χ1n) is 6.17. The van der Waals surface area contributed by atoms with Crippen LogP contribution in [0.2, 0.25) is 0 Å². The van der Waals surface area contributed by atoms with Crippen LogP contribution in [0.1, 0.15) is 22.3 Å². The molecule has 0 spiro atoms. The Hall–Kier alpha value is -1.56. The van der Waals surface area contributed by atoms with Gasteiger partial charge in [-0.15, -0.1) is 0 Å². The molecule has 0 amide bonds. The van der Waals surface area contributed by atoms with Gasteiger partial charge in [-0.1, -0.05) is 59.7 Å². The molecule has 2 aromatic carbocycles. The van der Waals surface area contributed by atoms with Crippen LogP contribution in [-0.4, -0.2) is 0 Å². The summed E-state index contributed by atoms with van der Waals surface area (Å²) in [6, 6.07) is 17.5. The van der Waals surface area contributed by atoms with E-state index >= 15 is 0 Å². The lowest BCUT2D eigenvalue weighted by atomic mass is 10.0. The topological polar surface area (TPSA) is 0 Å². The van der Waals surface area contributed by atoms with E-state index in [0.29, 0.717) is 0 Å². The molecule has 0 bridgehead atoms. The Balaban J connectivity index is 1.83. The van der Waals surface area contributed by atoms with E-state index in [1.54, 1.807) is 0 Å². The molecule has 0 aliphatic carbocycles. The fourth-order valence-electron chi connectivity index (χ4n) is 1.85. The zero-order chi connectivity index (χ0) is 12.1. The fraction of sp³-hybridized carbons (Fsp3) is 0.235. The first-order valence-corrected chi connectivity index (χ1v) is 6.17. The molecule has 0 heteroatoms. The van der Waals surface area contributed by atoms with E-state index in [1.165, 1.54) is 22.3 Å². The molecule has 0 saturated carbocycles. The number of aryl methyl sites for hydroxylation is 2. The molecule has 0 nitrogen and oxygen atoms in total.